The second-order valence-corrected chi connectivity index (χ2v) is 5.36. The highest BCUT2D eigenvalue weighted by Crippen LogP contribution is 2.30. The van der Waals surface area contributed by atoms with Gasteiger partial charge in [-0.15, -0.1) is 0 Å². The smallest absolute Gasteiger partial charge is 0.337 e. The van der Waals surface area contributed by atoms with Gasteiger partial charge in [0.15, 0.2) is 0 Å². The number of piperidine rings is 1. The molecule has 0 unspecified atom stereocenters. The van der Waals surface area contributed by atoms with Crippen molar-refractivity contribution in [2.45, 2.75) is 20.3 Å². The molecule has 0 amide bonds. The van der Waals surface area contributed by atoms with Crippen LogP contribution in [0.2, 0.25) is 0 Å². The lowest BCUT2D eigenvalue weighted by atomic mass is 9.91. The summed E-state index contributed by atoms with van der Waals surface area (Å²) in [5.74, 6) is 0.120. The number of nitrogens with zero attached hydrogens (tertiary/aromatic N) is 1. The molecule has 2 N–H and O–H groups in total. The zero-order valence-electron chi connectivity index (χ0n) is 10.8. The summed E-state index contributed by atoms with van der Waals surface area (Å²) in [5, 5.41) is 18.6. The Balaban J connectivity index is 2.35. The van der Waals surface area contributed by atoms with Crippen LogP contribution in [0.25, 0.3) is 0 Å². The van der Waals surface area contributed by atoms with Gasteiger partial charge in [0, 0.05) is 13.1 Å². The lowest BCUT2D eigenvalue weighted by Crippen LogP contribution is -2.39. The van der Waals surface area contributed by atoms with Crippen LogP contribution in [0.4, 0.5) is 5.69 Å². The molecule has 1 aliphatic rings. The molecule has 2 rings (SSSR count). The van der Waals surface area contributed by atoms with E-state index < -0.39 is 5.97 Å². The largest absolute Gasteiger partial charge is 0.508 e. The first-order valence-electron chi connectivity index (χ1n) is 6.28. The fourth-order valence-corrected chi connectivity index (χ4v) is 2.83. The molecule has 98 valence electrons. The molecule has 0 bridgehead atoms. The Morgan fingerprint density at radius 2 is 1.89 bits per heavy atom. The maximum absolute atomic E-state index is 11.2. The molecular weight excluding hydrogens is 230 g/mol. The molecule has 0 aromatic heterocycles. The number of carboxylic acid groups (broad SMARTS) is 1. The molecule has 1 saturated heterocycles. The molecule has 1 heterocycles. The number of hydrogen-bond donors (Lipinski definition) is 2. The predicted octanol–water partition coefficient (Wildman–Crippen LogP) is 2.57. The van der Waals surface area contributed by atoms with Gasteiger partial charge in [0.05, 0.1) is 11.3 Å². The molecule has 18 heavy (non-hydrogen) atoms. The van der Waals surface area contributed by atoms with Crippen LogP contribution < -0.4 is 4.90 Å². The van der Waals surface area contributed by atoms with Crippen LogP contribution in [-0.2, 0) is 0 Å². The number of carbonyl (C=O) groups is 1. The summed E-state index contributed by atoms with van der Waals surface area (Å²) >= 11 is 0. The Labute approximate surface area is 107 Å². The minimum absolute atomic E-state index is 0.00532. The SMILES string of the molecule is C[C@@H]1C[C@H](C)CN(c2ccc(O)cc2C(=O)O)C1. The fourth-order valence-electron chi connectivity index (χ4n) is 2.83. The van der Waals surface area contributed by atoms with E-state index in [2.05, 4.69) is 18.7 Å². The Bertz CT molecular complexity index is 448. The summed E-state index contributed by atoms with van der Waals surface area (Å²) in [6.45, 7) is 6.11. The minimum atomic E-state index is -0.994. The van der Waals surface area contributed by atoms with Crippen LogP contribution in [0, 0.1) is 11.8 Å². The number of aromatic hydroxyl groups is 1. The number of phenols is 1. The van der Waals surface area contributed by atoms with Crippen molar-refractivity contribution in [3.05, 3.63) is 23.8 Å². The third kappa shape index (κ3) is 2.58. The van der Waals surface area contributed by atoms with Gasteiger partial charge in [-0.3, -0.25) is 0 Å². The first-order valence-corrected chi connectivity index (χ1v) is 6.28. The standard InChI is InChI=1S/C14H19NO3/c1-9-5-10(2)8-15(7-9)13-4-3-11(16)6-12(13)14(17)18/h3-4,6,9-10,16H,5,7-8H2,1-2H3,(H,17,18)/t9-,10+. The van der Waals surface area contributed by atoms with Crippen molar-refractivity contribution in [3.8, 4) is 5.75 Å². The molecule has 0 saturated carbocycles. The van der Waals surface area contributed by atoms with E-state index in [0.717, 1.165) is 13.1 Å². The Morgan fingerprint density at radius 1 is 1.28 bits per heavy atom. The van der Waals surface area contributed by atoms with Crippen LogP contribution in [-0.4, -0.2) is 29.3 Å². The van der Waals surface area contributed by atoms with E-state index in [9.17, 15) is 15.0 Å². The van der Waals surface area contributed by atoms with E-state index >= 15 is 0 Å². The van der Waals surface area contributed by atoms with Crippen LogP contribution >= 0.6 is 0 Å². The summed E-state index contributed by atoms with van der Waals surface area (Å²) in [6, 6.07) is 4.57. The zero-order chi connectivity index (χ0) is 13.3. The van der Waals surface area contributed by atoms with Crippen molar-refractivity contribution in [1.82, 2.24) is 0 Å². The first-order chi connectivity index (χ1) is 8.47. The van der Waals surface area contributed by atoms with Gasteiger partial charge >= 0.3 is 5.97 Å². The van der Waals surface area contributed by atoms with E-state index in [4.69, 9.17) is 0 Å². The van der Waals surface area contributed by atoms with Gasteiger partial charge in [0.2, 0.25) is 0 Å². The van der Waals surface area contributed by atoms with E-state index in [1.165, 1.54) is 12.5 Å². The van der Waals surface area contributed by atoms with Gasteiger partial charge in [0.1, 0.15) is 5.75 Å². The fraction of sp³-hybridized carbons (Fsp3) is 0.500. The molecule has 0 radical (unpaired) electrons. The van der Waals surface area contributed by atoms with Crippen molar-refractivity contribution in [3.63, 3.8) is 0 Å². The first kappa shape index (κ1) is 12.7. The molecule has 0 aliphatic carbocycles. The topological polar surface area (TPSA) is 60.8 Å². The summed E-state index contributed by atoms with van der Waals surface area (Å²) in [5.41, 5.74) is 0.884. The molecule has 2 atom stereocenters. The van der Waals surface area contributed by atoms with Crippen molar-refractivity contribution < 1.29 is 15.0 Å². The van der Waals surface area contributed by atoms with E-state index in [1.807, 2.05) is 0 Å². The van der Waals surface area contributed by atoms with Crippen molar-refractivity contribution in [1.29, 1.82) is 0 Å². The molecule has 0 spiro atoms. The van der Waals surface area contributed by atoms with Crippen LogP contribution in [0.5, 0.6) is 5.75 Å². The second-order valence-electron chi connectivity index (χ2n) is 5.36. The van der Waals surface area contributed by atoms with Gasteiger partial charge in [-0.1, -0.05) is 13.8 Å². The van der Waals surface area contributed by atoms with E-state index in [1.54, 1.807) is 12.1 Å². The number of anilines is 1. The number of benzene rings is 1. The third-order valence-corrected chi connectivity index (χ3v) is 3.42. The Morgan fingerprint density at radius 3 is 2.44 bits per heavy atom. The number of rotatable bonds is 2. The zero-order valence-corrected chi connectivity index (χ0v) is 10.8. The molecule has 1 fully saturated rings. The number of aromatic carboxylic acids is 1. The van der Waals surface area contributed by atoms with Crippen molar-refractivity contribution >= 4 is 11.7 Å². The van der Waals surface area contributed by atoms with Crippen LogP contribution in [0.3, 0.4) is 0 Å². The summed E-state index contributed by atoms with van der Waals surface area (Å²) < 4.78 is 0. The molecule has 1 aromatic rings. The molecule has 4 heteroatoms. The van der Waals surface area contributed by atoms with Gasteiger partial charge in [-0.25, -0.2) is 4.79 Å². The average Bonchev–Trinajstić information content (AvgIpc) is 2.27. The number of phenolic OH excluding ortho intramolecular Hbond substituents is 1. The van der Waals surface area contributed by atoms with E-state index in [-0.39, 0.29) is 11.3 Å². The van der Waals surface area contributed by atoms with Crippen molar-refractivity contribution in [2.24, 2.45) is 11.8 Å². The summed E-state index contributed by atoms with van der Waals surface area (Å²) in [4.78, 5) is 13.4. The maximum atomic E-state index is 11.2. The summed E-state index contributed by atoms with van der Waals surface area (Å²) in [6.07, 6.45) is 1.18. The Hall–Kier alpha value is -1.71. The molecule has 1 aliphatic heterocycles. The normalized spacial score (nSPS) is 24.0. The molecular formula is C14H19NO3. The lowest BCUT2D eigenvalue weighted by Gasteiger charge is -2.37. The van der Waals surface area contributed by atoms with Crippen LogP contribution in [0.1, 0.15) is 30.6 Å². The predicted molar refractivity (Wildman–Crippen MR) is 70.2 cm³/mol. The second kappa shape index (κ2) is 4.88. The molecule has 4 nitrogen and oxygen atoms in total. The Kier molecular flexibility index (Phi) is 3.45. The van der Waals surface area contributed by atoms with Crippen LogP contribution in [0.15, 0.2) is 18.2 Å². The lowest BCUT2D eigenvalue weighted by molar-refractivity contribution is 0.0697. The van der Waals surface area contributed by atoms with Gasteiger partial charge in [0.25, 0.3) is 0 Å². The summed E-state index contributed by atoms with van der Waals surface area (Å²) in [7, 11) is 0. The number of carboxylic acids is 1. The minimum Gasteiger partial charge on any atom is -0.508 e. The maximum Gasteiger partial charge on any atom is 0.337 e. The van der Waals surface area contributed by atoms with Crippen molar-refractivity contribution in [2.75, 3.05) is 18.0 Å². The highest BCUT2D eigenvalue weighted by molar-refractivity contribution is 5.95. The van der Waals surface area contributed by atoms with Gasteiger partial charge in [-0.05, 0) is 36.5 Å². The number of hydrogen-bond acceptors (Lipinski definition) is 3. The molecule has 1 aromatic carbocycles. The van der Waals surface area contributed by atoms with Gasteiger partial charge < -0.3 is 15.1 Å². The highest BCUT2D eigenvalue weighted by Gasteiger charge is 2.25. The van der Waals surface area contributed by atoms with Gasteiger partial charge in [-0.2, -0.15) is 0 Å². The highest BCUT2D eigenvalue weighted by atomic mass is 16.4. The third-order valence-electron chi connectivity index (χ3n) is 3.42. The monoisotopic (exact) mass is 249 g/mol. The van der Waals surface area contributed by atoms with E-state index in [0.29, 0.717) is 17.5 Å². The average molecular weight is 249 g/mol. The quantitative estimate of drug-likeness (QED) is 0.845.